The smallest absolute Gasteiger partial charge is 0.245 e. The Bertz CT molecular complexity index is 620. The number of nitrogens with two attached hydrogens (primary N) is 1. The zero-order valence-electron chi connectivity index (χ0n) is 11.5. The number of rotatable bonds is 6. The van der Waals surface area contributed by atoms with Gasteiger partial charge in [0.2, 0.25) is 5.89 Å². The molecule has 2 aromatic heterocycles. The number of ether oxygens (including phenoxy) is 1. The van der Waals surface area contributed by atoms with Gasteiger partial charge in [0.1, 0.15) is 5.00 Å². The maximum atomic E-state index is 11.8. The second kappa shape index (κ2) is 5.91. The Morgan fingerprint density at radius 3 is 2.85 bits per heavy atom. The molecule has 0 fully saturated rings. The Kier molecular flexibility index (Phi) is 4.23. The van der Waals surface area contributed by atoms with Gasteiger partial charge in [-0.15, -0.1) is 11.3 Å². The predicted molar refractivity (Wildman–Crippen MR) is 76.3 cm³/mol. The van der Waals surface area contributed by atoms with Gasteiger partial charge in [0.15, 0.2) is 17.4 Å². The van der Waals surface area contributed by atoms with E-state index in [9.17, 15) is 4.79 Å². The highest BCUT2D eigenvalue weighted by Crippen LogP contribution is 2.43. The zero-order chi connectivity index (χ0) is 14.7. The maximum Gasteiger partial charge on any atom is 0.245 e. The van der Waals surface area contributed by atoms with E-state index in [1.807, 2.05) is 0 Å². The molecule has 2 heterocycles. The van der Waals surface area contributed by atoms with E-state index in [1.165, 1.54) is 18.4 Å². The van der Waals surface area contributed by atoms with Crippen LogP contribution in [0.15, 0.2) is 4.52 Å². The number of hydrogen-bond acceptors (Lipinski definition) is 8. The van der Waals surface area contributed by atoms with Crippen LogP contribution in [0, 0.1) is 6.92 Å². The Labute approximate surface area is 120 Å². The van der Waals surface area contributed by atoms with Gasteiger partial charge in [0, 0.05) is 6.42 Å². The third-order valence-corrected chi connectivity index (χ3v) is 3.83. The highest BCUT2D eigenvalue weighted by atomic mass is 32.1. The average molecular weight is 296 g/mol. The van der Waals surface area contributed by atoms with Crippen molar-refractivity contribution in [2.45, 2.75) is 26.8 Å². The van der Waals surface area contributed by atoms with E-state index in [4.69, 9.17) is 15.0 Å². The monoisotopic (exact) mass is 296 g/mol. The molecule has 7 nitrogen and oxygen atoms in total. The molecule has 20 heavy (non-hydrogen) atoms. The molecule has 0 radical (unpaired) electrons. The summed E-state index contributed by atoms with van der Waals surface area (Å²) in [6, 6.07) is 0. The first kappa shape index (κ1) is 14.3. The quantitative estimate of drug-likeness (QED) is 0.788. The van der Waals surface area contributed by atoms with Crippen LogP contribution in [-0.4, -0.2) is 23.0 Å². The number of ketones is 1. The second-order valence-electron chi connectivity index (χ2n) is 4.07. The minimum absolute atomic E-state index is 0.00696. The molecule has 0 aliphatic rings. The molecule has 0 bridgehead atoms. The van der Waals surface area contributed by atoms with Crippen LogP contribution in [0.25, 0.3) is 0 Å². The van der Waals surface area contributed by atoms with E-state index >= 15 is 0 Å². The molecule has 0 aromatic carbocycles. The number of aryl methyl sites for hydroxylation is 1. The molecule has 0 unspecified atom stereocenters. The van der Waals surface area contributed by atoms with Crippen LogP contribution in [0.1, 0.15) is 34.7 Å². The molecular formula is C12H16N4O3S. The van der Waals surface area contributed by atoms with Crippen LogP contribution in [0.4, 0.5) is 10.7 Å². The standard InChI is InChI=1S/C12H16N4O3S/c1-4-7(17)11-9(13)10(18-3)12(20-11)14-5-8-15-6(2)16-19-8/h14H,4-5,13H2,1-3H3. The van der Waals surface area contributed by atoms with Crippen molar-refractivity contribution in [3.63, 3.8) is 0 Å². The fourth-order valence-electron chi connectivity index (χ4n) is 1.68. The number of Topliss-reactive ketones (excluding diaryl/α,β-unsaturated/α-hetero) is 1. The summed E-state index contributed by atoms with van der Waals surface area (Å²) in [5.74, 6) is 1.50. The van der Waals surface area contributed by atoms with Crippen molar-refractivity contribution in [2.24, 2.45) is 0 Å². The number of methoxy groups -OCH3 is 1. The van der Waals surface area contributed by atoms with Gasteiger partial charge < -0.3 is 20.3 Å². The molecule has 3 N–H and O–H groups in total. The maximum absolute atomic E-state index is 11.8. The number of carbonyl (C=O) groups excluding carboxylic acids is 1. The molecule has 0 aliphatic carbocycles. The summed E-state index contributed by atoms with van der Waals surface area (Å²) in [6.07, 6.45) is 0.399. The Morgan fingerprint density at radius 2 is 2.30 bits per heavy atom. The van der Waals surface area contributed by atoms with Crippen molar-refractivity contribution >= 4 is 27.8 Å². The molecule has 2 rings (SSSR count). The Morgan fingerprint density at radius 1 is 1.55 bits per heavy atom. The lowest BCUT2D eigenvalue weighted by atomic mass is 10.2. The summed E-state index contributed by atoms with van der Waals surface area (Å²) in [4.78, 5) is 16.4. The summed E-state index contributed by atoms with van der Waals surface area (Å²) in [7, 11) is 1.51. The van der Waals surface area contributed by atoms with E-state index < -0.39 is 0 Å². The number of anilines is 2. The first-order valence-electron chi connectivity index (χ1n) is 6.09. The summed E-state index contributed by atoms with van der Waals surface area (Å²) >= 11 is 1.27. The SMILES string of the molecule is CCC(=O)c1sc(NCc2nc(C)no2)c(OC)c1N. The van der Waals surface area contributed by atoms with E-state index in [0.717, 1.165) is 0 Å². The lowest BCUT2D eigenvalue weighted by molar-refractivity contribution is 0.0992. The van der Waals surface area contributed by atoms with Crippen LogP contribution >= 0.6 is 11.3 Å². The summed E-state index contributed by atoms with van der Waals surface area (Å²) in [5, 5.41) is 7.48. The fraction of sp³-hybridized carbons (Fsp3) is 0.417. The first-order chi connectivity index (χ1) is 9.56. The van der Waals surface area contributed by atoms with Crippen molar-refractivity contribution in [3.8, 4) is 5.75 Å². The van der Waals surface area contributed by atoms with Crippen molar-refractivity contribution in [3.05, 3.63) is 16.6 Å². The van der Waals surface area contributed by atoms with Crippen molar-refractivity contribution in [1.29, 1.82) is 0 Å². The molecule has 0 atom stereocenters. The second-order valence-corrected chi connectivity index (χ2v) is 5.09. The van der Waals surface area contributed by atoms with Gasteiger partial charge in [-0.25, -0.2) is 0 Å². The number of thiophene rings is 1. The topological polar surface area (TPSA) is 103 Å². The highest BCUT2D eigenvalue weighted by Gasteiger charge is 2.21. The van der Waals surface area contributed by atoms with Crippen LogP contribution in [0.2, 0.25) is 0 Å². The number of nitrogen functional groups attached to an aromatic ring is 1. The molecule has 8 heteroatoms. The first-order valence-corrected chi connectivity index (χ1v) is 6.91. The van der Waals surface area contributed by atoms with Crippen molar-refractivity contribution in [2.75, 3.05) is 18.2 Å². The van der Waals surface area contributed by atoms with Gasteiger partial charge in [0.05, 0.1) is 24.2 Å². The van der Waals surface area contributed by atoms with Crippen LogP contribution in [0.3, 0.4) is 0 Å². The Hall–Kier alpha value is -2.09. The number of nitrogens with one attached hydrogen (secondary N) is 1. The summed E-state index contributed by atoms with van der Waals surface area (Å²) < 4.78 is 10.3. The normalized spacial score (nSPS) is 10.6. The summed E-state index contributed by atoms with van der Waals surface area (Å²) in [5.41, 5.74) is 6.31. The number of hydrogen-bond donors (Lipinski definition) is 2. The lowest BCUT2D eigenvalue weighted by Gasteiger charge is -2.04. The lowest BCUT2D eigenvalue weighted by Crippen LogP contribution is -2.00. The highest BCUT2D eigenvalue weighted by molar-refractivity contribution is 7.19. The number of nitrogens with zero attached hydrogens (tertiary/aromatic N) is 2. The largest absolute Gasteiger partial charge is 0.492 e. The summed E-state index contributed by atoms with van der Waals surface area (Å²) in [6.45, 7) is 3.88. The minimum atomic E-state index is -0.00696. The van der Waals surface area contributed by atoms with E-state index in [0.29, 0.717) is 46.0 Å². The molecule has 2 aromatic rings. The molecule has 108 valence electrons. The fourth-order valence-corrected chi connectivity index (χ4v) is 2.78. The Balaban J connectivity index is 2.20. The van der Waals surface area contributed by atoms with Gasteiger partial charge in [-0.05, 0) is 6.92 Å². The van der Waals surface area contributed by atoms with Crippen molar-refractivity contribution in [1.82, 2.24) is 10.1 Å². The predicted octanol–water partition coefficient (Wildman–Crippen LogP) is 2.24. The molecule has 0 amide bonds. The van der Waals surface area contributed by atoms with Gasteiger partial charge in [-0.2, -0.15) is 4.98 Å². The van der Waals surface area contributed by atoms with E-state index in [-0.39, 0.29) is 5.78 Å². The van der Waals surface area contributed by atoms with Crippen LogP contribution < -0.4 is 15.8 Å². The van der Waals surface area contributed by atoms with Crippen molar-refractivity contribution < 1.29 is 14.1 Å². The van der Waals surface area contributed by atoms with Crippen LogP contribution in [0.5, 0.6) is 5.75 Å². The van der Waals surface area contributed by atoms with Crippen LogP contribution in [-0.2, 0) is 6.54 Å². The minimum Gasteiger partial charge on any atom is -0.492 e. The van der Waals surface area contributed by atoms with Gasteiger partial charge in [-0.3, -0.25) is 4.79 Å². The van der Waals surface area contributed by atoms with E-state index in [2.05, 4.69) is 15.5 Å². The number of carbonyl (C=O) groups is 1. The molecular weight excluding hydrogens is 280 g/mol. The van der Waals surface area contributed by atoms with Gasteiger partial charge in [0.25, 0.3) is 0 Å². The molecule has 0 spiro atoms. The zero-order valence-corrected chi connectivity index (χ0v) is 12.3. The third-order valence-electron chi connectivity index (χ3n) is 2.65. The average Bonchev–Trinajstić information content (AvgIpc) is 2.99. The molecule has 0 aliphatic heterocycles. The van der Waals surface area contributed by atoms with Gasteiger partial charge >= 0.3 is 0 Å². The van der Waals surface area contributed by atoms with Gasteiger partial charge in [-0.1, -0.05) is 12.1 Å². The molecule has 0 saturated heterocycles. The molecule has 0 saturated carbocycles. The third kappa shape index (κ3) is 2.74. The number of aromatic nitrogens is 2. The van der Waals surface area contributed by atoms with E-state index in [1.54, 1.807) is 13.8 Å².